The van der Waals surface area contributed by atoms with Crippen LogP contribution in [0.15, 0.2) is 18.2 Å². The van der Waals surface area contributed by atoms with Gasteiger partial charge in [0.05, 0.1) is 30.4 Å². The lowest BCUT2D eigenvalue weighted by atomic mass is 10.0. The molecule has 4 N–H and O–H groups in total. The lowest BCUT2D eigenvalue weighted by Crippen LogP contribution is -2.49. The van der Waals surface area contributed by atoms with Gasteiger partial charge < -0.3 is 40.3 Å². The summed E-state index contributed by atoms with van der Waals surface area (Å²) in [6.45, 7) is 14.2. The minimum Gasteiger partial charge on any atom is -0.490 e. The van der Waals surface area contributed by atoms with Gasteiger partial charge in [-0.15, -0.1) is 0 Å². The molecule has 1 aliphatic rings. The number of amides is 5. The number of anilines is 1. The number of urea groups is 2. The molecule has 0 spiro atoms. The van der Waals surface area contributed by atoms with E-state index >= 15 is 0 Å². The molecule has 2 rings (SSSR count). The summed E-state index contributed by atoms with van der Waals surface area (Å²) in [6.07, 6.45) is 1.98. The molecule has 11 nitrogen and oxygen atoms in total. The topological polar surface area (TPSA) is 132 Å². The third-order valence-electron chi connectivity index (χ3n) is 6.94. The van der Waals surface area contributed by atoms with Crippen molar-refractivity contribution in [3.8, 4) is 5.75 Å². The van der Waals surface area contributed by atoms with Crippen molar-refractivity contribution < 1.29 is 29.0 Å². The predicted molar refractivity (Wildman–Crippen MR) is 160 cm³/mol. The van der Waals surface area contributed by atoms with Crippen molar-refractivity contribution in [1.82, 2.24) is 20.4 Å². The van der Waals surface area contributed by atoms with Crippen molar-refractivity contribution in [1.29, 1.82) is 0 Å². The van der Waals surface area contributed by atoms with E-state index in [1.54, 1.807) is 42.0 Å². The molecule has 11 heteroatoms. The molecule has 0 unspecified atom stereocenters. The second-order valence-electron chi connectivity index (χ2n) is 11.7. The zero-order valence-corrected chi connectivity index (χ0v) is 26.0. The Morgan fingerprint density at radius 2 is 1.78 bits per heavy atom. The minimum atomic E-state index is -0.494. The number of carbonyl (C=O) groups excluding carboxylic acids is 3. The second-order valence-corrected chi connectivity index (χ2v) is 11.7. The molecule has 0 saturated carbocycles. The molecule has 5 amide bonds. The van der Waals surface area contributed by atoms with Crippen molar-refractivity contribution in [2.45, 2.75) is 98.1 Å². The molecule has 4 atom stereocenters. The summed E-state index contributed by atoms with van der Waals surface area (Å²) in [7, 11) is 1.73. The van der Waals surface area contributed by atoms with E-state index in [1.165, 1.54) is 0 Å². The van der Waals surface area contributed by atoms with E-state index in [9.17, 15) is 19.5 Å². The van der Waals surface area contributed by atoms with Crippen molar-refractivity contribution in [2.75, 3.05) is 38.7 Å². The molecule has 232 valence electrons. The zero-order valence-electron chi connectivity index (χ0n) is 26.0. The molecular weight excluding hydrogens is 526 g/mol. The largest absolute Gasteiger partial charge is 0.490 e. The van der Waals surface area contributed by atoms with Crippen LogP contribution in [0.2, 0.25) is 0 Å². The number of nitrogens with zero attached hydrogens (tertiary/aromatic N) is 2. The quantitative estimate of drug-likeness (QED) is 0.386. The van der Waals surface area contributed by atoms with Crippen molar-refractivity contribution in [2.24, 2.45) is 5.92 Å². The smallest absolute Gasteiger partial charge is 0.319 e. The van der Waals surface area contributed by atoms with Gasteiger partial charge in [0.2, 0.25) is 0 Å². The number of hydrogen-bond donors (Lipinski definition) is 4. The average Bonchev–Trinajstić information content (AvgIpc) is 2.89. The fraction of sp³-hybridized carbons (Fsp3) is 0.700. The first-order valence-electron chi connectivity index (χ1n) is 14.8. The van der Waals surface area contributed by atoms with E-state index in [0.29, 0.717) is 30.2 Å². The highest BCUT2D eigenvalue weighted by atomic mass is 16.5. The lowest BCUT2D eigenvalue weighted by Gasteiger charge is -2.36. The number of aliphatic hydroxyl groups is 1. The maximum atomic E-state index is 14.1. The SMILES string of the molecule is CC(C)NC(=O)Nc1ccc2c(c1)C(=O)N([C@@H](C)CO)C[C@@H](C)[C@H](CN(C)C(=O)NC(C)C)OCCCC[C@@H](C)O2. The van der Waals surface area contributed by atoms with Crippen LogP contribution in [-0.4, -0.2) is 96.6 Å². The fourth-order valence-electron chi connectivity index (χ4n) is 4.60. The first-order chi connectivity index (χ1) is 19.3. The summed E-state index contributed by atoms with van der Waals surface area (Å²) in [5.41, 5.74) is 0.755. The minimum absolute atomic E-state index is 0.00547. The number of nitrogens with one attached hydrogen (secondary N) is 3. The summed E-state index contributed by atoms with van der Waals surface area (Å²) in [5.74, 6) is -0.0584. The van der Waals surface area contributed by atoms with Crippen molar-refractivity contribution in [3.05, 3.63) is 23.8 Å². The van der Waals surface area contributed by atoms with Gasteiger partial charge in [0.25, 0.3) is 5.91 Å². The van der Waals surface area contributed by atoms with Gasteiger partial charge in [0.15, 0.2) is 0 Å². The summed E-state index contributed by atoms with van der Waals surface area (Å²) < 4.78 is 12.5. The Morgan fingerprint density at radius 1 is 1.10 bits per heavy atom. The van der Waals surface area contributed by atoms with Gasteiger partial charge >= 0.3 is 12.1 Å². The number of ether oxygens (including phenoxy) is 2. The van der Waals surface area contributed by atoms with Gasteiger partial charge in [-0.1, -0.05) is 6.92 Å². The Morgan fingerprint density at radius 3 is 2.41 bits per heavy atom. The maximum Gasteiger partial charge on any atom is 0.319 e. The monoisotopic (exact) mass is 577 g/mol. The Labute approximate surface area is 245 Å². The summed E-state index contributed by atoms with van der Waals surface area (Å²) in [6, 6.07) is 3.95. The van der Waals surface area contributed by atoms with Crippen LogP contribution in [0.25, 0.3) is 0 Å². The molecular formula is C30H51N5O6. The molecule has 0 radical (unpaired) electrons. The zero-order chi connectivity index (χ0) is 30.7. The van der Waals surface area contributed by atoms with Gasteiger partial charge in [-0.2, -0.15) is 0 Å². The number of likely N-dealkylation sites (N-methyl/N-ethyl adjacent to an activating group) is 1. The normalized spacial score (nSPS) is 21.4. The molecule has 1 heterocycles. The molecule has 0 saturated heterocycles. The lowest BCUT2D eigenvalue weighted by molar-refractivity contribution is -0.0122. The van der Waals surface area contributed by atoms with E-state index in [1.807, 2.05) is 41.5 Å². The summed E-state index contributed by atoms with van der Waals surface area (Å²) in [5, 5.41) is 18.6. The number of benzene rings is 1. The van der Waals surface area contributed by atoms with Gasteiger partial charge in [0, 0.05) is 50.4 Å². The van der Waals surface area contributed by atoms with Gasteiger partial charge in [0.1, 0.15) is 5.75 Å². The maximum absolute atomic E-state index is 14.1. The molecule has 0 aromatic heterocycles. The Kier molecular flexibility index (Phi) is 13.7. The molecule has 1 aromatic carbocycles. The molecule has 1 aromatic rings. The van der Waals surface area contributed by atoms with Crippen LogP contribution in [0.4, 0.5) is 15.3 Å². The predicted octanol–water partition coefficient (Wildman–Crippen LogP) is 4.06. The van der Waals surface area contributed by atoms with E-state index in [-0.39, 0.29) is 61.3 Å². The van der Waals surface area contributed by atoms with Crippen molar-refractivity contribution in [3.63, 3.8) is 0 Å². The summed E-state index contributed by atoms with van der Waals surface area (Å²) >= 11 is 0. The second kappa shape index (κ2) is 16.4. The number of aliphatic hydroxyl groups excluding tert-OH is 1. The number of fused-ring (bicyclic) bond motifs is 1. The van der Waals surface area contributed by atoms with Crippen LogP contribution in [0, 0.1) is 5.92 Å². The van der Waals surface area contributed by atoms with Gasteiger partial charge in [-0.3, -0.25) is 4.79 Å². The highest BCUT2D eigenvalue weighted by Gasteiger charge is 2.31. The highest BCUT2D eigenvalue weighted by molar-refractivity contribution is 5.99. The van der Waals surface area contributed by atoms with Crippen LogP contribution in [-0.2, 0) is 4.74 Å². The van der Waals surface area contributed by atoms with E-state index < -0.39 is 6.04 Å². The average molecular weight is 578 g/mol. The van der Waals surface area contributed by atoms with Crippen LogP contribution in [0.5, 0.6) is 5.75 Å². The standard InChI is InChI=1S/C30H51N5O6/c1-19(2)31-29(38)33-24-12-13-26-25(15-24)28(37)35(22(6)18-36)16-21(5)27(17-34(8)30(39)32-20(3)4)40-14-10-9-11-23(7)41-26/h12-13,15,19-23,27,36H,9-11,14,16-18H2,1-8H3,(H,32,39)(H2,31,33,38)/t21-,22+,23-,27+/m1/s1. The molecule has 1 aliphatic heterocycles. The van der Waals surface area contributed by atoms with Crippen LogP contribution in [0.1, 0.15) is 78.1 Å². The number of hydrogen-bond acceptors (Lipinski definition) is 6. The van der Waals surface area contributed by atoms with Gasteiger partial charge in [-0.25, -0.2) is 9.59 Å². The number of rotatable bonds is 7. The first kappa shape index (κ1) is 34.2. The van der Waals surface area contributed by atoms with E-state index in [0.717, 1.165) is 19.3 Å². The fourth-order valence-corrected chi connectivity index (χ4v) is 4.60. The Bertz CT molecular complexity index is 1000. The van der Waals surface area contributed by atoms with Crippen LogP contribution in [0.3, 0.4) is 0 Å². The highest BCUT2D eigenvalue weighted by Crippen LogP contribution is 2.28. The Hall–Kier alpha value is -3.05. The molecule has 0 aliphatic carbocycles. The molecule has 41 heavy (non-hydrogen) atoms. The number of carbonyl (C=O) groups is 3. The van der Waals surface area contributed by atoms with E-state index in [4.69, 9.17) is 9.47 Å². The third-order valence-corrected chi connectivity index (χ3v) is 6.94. The summed E-state index contributed by atoms with van der Waals surface area (Å²) in [4.78, 5) is 42.3. The third kappa shape index (κ3) is 11.0. The van der Waals surface area contributed by atoms with E-state index in [2.05, 4.69) is 16.0 Å². The first-order valence-corrected chi connectivity index (χ1v) is 14.8. The van der Waals surface area contributed by atoms with Crippen LogP contribution >= 0.6 is 0 Å². The van der Waals surface area contributed by atoms with Crippen LogP contribution < -0.4 is 20.7 Å². The van der Waals surface area contributed by atoms with Crippen molar-refractivity contribution >= 4 is 23.7 Å². The Balaban J connectivity index is 2.44. The van der Waals surface area contributed by atoms with Gasteiger partial charge in [-0.05, 0) is 79.0 Å². The molecule has 0 bridgehead atoms. The molecule has 0 fully saturated rings.